The molecule has 23 heavy (non-hydrogen) atoms. The van der Waals surface area contributed by atoms with Gasteiger partial charge in [-0.3, -0.25) is 14.9 Å². The first-order valence-corrected chi connectivity index (χ1v) is 7.34. The van der Waals surface area contributed by atoms with Crippen molar-refractivity contribution in [2.75, 3.05) is 16.8 Å². The standard InChI is InChI=1S/C17H17N3O3/c1-11-7-15-16(8-12(11)2)19(17(21)9-18-15)10-13-3-5-14(6-4-13)20(22)23/h3-8,18H,9-10H2,1-2H3. The van der Waals surface area contributed by atoms with E-state index >= 15 is 0 Å². The highest BCUT2D eigenvalue weighted by atomic mass is 16.6. The van der Waals surface area contributed by atoms with Crippen molar-refractivity contribution < 1.29 is 9.72 Å². The van der Waals surface area contributed by atoms with Gasteiger partial charge in [0.05, 0.1) is 29.4 Å². The van der Waals surface area contributed by atoms with Crippen LogP contribution in [-0.2, 0) is 11.3 Å². The van der Waals surface area contributed by atoms with Gasteiger partial charge in [-0.25, -0.2) is 0 Å². The number of nitrogens with one attached hydrogen (secondary N) is 1. The summed E-state index contributed by atoms with van der Waals surface area (Å²) in [6.07, 6.45) is 0. The van der Waals surface area contributed by atoms with Crippen molar-refractivity contribution >= 4 is 23.0 Å². The largest absolute Gasteiger partial charge is 0.374 e. The second kappa shape index (κ2) is 5.72. The number of nitrogens with zero attached hydrogens (tertiary/aromatic N) is 2. The summed E-state index contributed by atoms with van der Waals surface area (Å²) in [6, 6.07) is 10.3. The molecule has 0 radical (unpaired) electrons. The molecule has 1 amide bonds. The van der Waals surface area contributed by atoms with Crippen molar-refractivity contribution in [3.63, 3.8) is 0 Å². The molecule has 6 nitrogen and oxygen atoms in total. The lowest BCUT2D eigenvalue weighted by molar-refractivity contribution is -0.384. The van der Waals surface area contributed by atoms with Gasteiger partial charge in [-0.1, -0.05) is 12.1 Å². The van der Waals surface area contributed by atoms with Gasteiger partial charge >= 0.3 is 0 Å². The van der Waals surface area contributed by atoms with Crippen LogP contribution in [0, 0.1) is 24.0 Å². The zero-order valence-corrected chi connectivity index (χ0v) is 13.0. The van der Waals surface area contributed by atoms with Crippen LogP contribution >= 0.6 is 0 Å². The Balaban J connectivity index is 1.92. The molecule has 0 unspecified atom stereocenters. The van der Waals surface area contributed by atoms with Gasteiger partial charge in [-0.05, 0) is 42.7 Å². The number of hydrogen-bond acceptors (Lipinski definition) is 4. The van der Waals surface area contributed by atoms with Crippen molar-refractivity contribution in [3.05, 3.63) is 63.2 Å². The predicted octanol–water partition coefficient (Wildman–Crippen LogP) is 3.17. The van der Waals surface area contributed by atoms with E-state index in [4.69, 9.17) is 0 Å². The molecule has 1 heterocycles. The molecule has 0 fully saturated rings. The molecular formula is C17H17N3O3. The second-order valence-electron chi connectivity index (χ2n) is 5.71. The lowest BCUT2D eigenvalue weighted by Gasteiger charge is -2.31. The lowest BCUT2D eigenvalue weighted by atomic mass is 10.0. The highest BCUT2D eigenvalue weighted by Gasteiger charge is 2.24. The van der Waals surface area contributed by atoms with Crippen molar-refractivity contribution in [1.29, 1.82) is 0 Å². The summed E-state index contributed by atoms with van der Waals surface area (Å²) >= 11 is 0. The molecule has 6 heteroatoms. The molecular weight excluding hydrogens is 294 g/mol. The van der Waals surface area contributed by atoms with Gasteiger partial charge in [0.2, 0.25) is 5.91 Å². The molecule has 1 aliphatic rings. The van der Waals surface area contributed by atoms with Crippen LogP contribution in [0.5, 0.6) is 0 Å². The van der Waals surface area contributed by atoms with Crippen LogP contribution in [0.1, 0.15) is 16.7 Å². The number of fused-ring (bicyclic) bond motifs is 1. The van der Waals surface area contributed by atoms with Gasteiger partial charge in [0.15, 0.2) is 0 Å². The summed E-state index contributed by atoms with van der Waals surface area (Å²) < 4.78 is 0. The van der Waals surface area contributed by atoms with E-state index < -0.39 is 4.92 Å². The molecule has 118 valence electrons. The third-order valence-corrected chi connectivity index (χ3v) is 4.12. The monoisotopic (exact) mass is 311 g/mol. The Labute approximate surface area is 133 Å². The van der Waals surface area contributed by atoms with Crippen molar-refractivity contribution in [2.45, 2.75) is 20.4 Å². The molecule has 0 aromatic heterocycles. The number of nitro benzene ring substituents is 1. The van der Waals surface area contributed by atoms with Crippen LogP contribution in [-0.4, -0.2) is 17.4 Å². The van der Waals surface area contributed by atoms with Gasteiger partial charge in [-0.2, -0.15) is 0 Å². The van der Waals surface area contributed by atoms with E-state index in [9.17, 15) is 14.9 Å². The maximum Gasteiger partial charge on any atom is 0.269 e. The fourth-order valence-electron chi connectivity index (χ4n) is 2.65. The van der Waals surface area contributed by atoms with E-state index in [0.717, 1.165) is 22.5 Å². The summed E-state index contributed by atoms with van der Waals surface area (Å²) in [4.78, 5) is 24.3. The number of carbonyl (C=O) groups excluding carboxylic acids is 1. The molecule has 2 aromatic carbocycles. The van der Waals surface area contributed by atoms with Gasteiger partial charge in [0.1, 0.15) is 0 Å². The Hall–Kier alpha value is -2.89. The second-order valence-corrected chi connectivity index (χ2v) is 5.71. The van der Waals surface area contributed by atoms with Crippen LogP contribution in [0.15, 0.2) is 36.4 Å². The molecule has 0 aliphatic carbocycles. The molecule has 0 bridgehead atoms. The first kappa shape index (κ1) is 15.0. The van der Waals surface area contributed by atoms with Crippen LogP contribution < -0.4 is 10.2 Å². The molecule has 3 rings (SSSR count). The Morgan fingerprint density at radius 2 is 1.83 bits per heavy atom. The number of anilines is 2. The molecule has 0 spiro atoms. The van der Waals surface area contributed by atoms with E-state index in [1.807, 2.05) is 26.0 Å². The average Bonchev–Trinajstić information content (AvgIpc) is 2.52. The Morgan fingerprint density at radius 1 is 1.17 bits per heavy atom. The van der Waals surface area contributed by atoms with Gasteiger partial charge in [0, 0.05) is 12.1 Å². The third-order valence-electron chi connectivity index (χ3n) is 4.12. The number of aryl methyl sites for hydroxylation is 2. The summed E-state index contributed by atoms with van der Waals surface area (Å²) in [5.41, 5.74) is 4.98. The maximum absolute atomic E-state index is 12.3. The highest BCUT2D eigenvalue weighted by molar-refractivity contribution is 6.02. The Morgan fingerprint density at radius 3 is 2.48 bits per heavy atom. The maximum atomic E-state index is 12.3. The first-order chi connectivity index (χ1) is 11.0. The number of benzene rings is 2. The van der Waals surface area contributed by atoms with Crippen LogP contribution in [0.4, 0.5) is 17.1 Å². The molecule has 1 N–H and O–H groups in total. The van der Waals surface area contributed by atoms with Crippen LogP contribution in [0.2, 0.25) is 0 Å². The zero-order valence-electron chi connectivity index (χ0n) is 13.0. The van der Waals surface area contributed by atoms with E-state index in [-0.39, 0.29) is 18.1 Å². The minimum Gasteiger partial charge on any atom is -0.374 e. The van der Waals surface area contributed by atoms with E-state index in [1.165, 1.54) is 17.7 Å². The first-order valence-electron chi connectivity index (χ1n) is 7.34. The fourth-order valence-corrected chi connectivity index (χ4v) is 2.65. The smallest absolute Gasteiger partial charge is 0.269 e. The Bertz CT molecular complexity index is 784. The minimum absolute atomic E-state index is 0.0147. The quantitative estimate of drug-likeness (QED) is 0.698. The SMILES string of the molecule is Cc1cc2c(cc1C)N(Cc1ccc([N+](=O)[O-])cc1)C(=O)CN2. The number of carbonyl (C=O) groups is 1. The third kappa shape index (κ3) is 2.88. The van der Waals surface area contributed by atoms with E-state index in [1.54, 1.807) is 17.0 Å². The predicted molar refractivity (Wildman–Crippen MR) is 88.7 cm³/mol. The van der Waals surface area contributed by atoms with Crippen molar-refractivity contribution in [2.24, 2.45) is 0 Å². The normalized spacial score (nSPS) is 13.5. The molecule has 0 saturated carbocycles. The summed E-state index contributed by atoms with van der Waals surface area (Å²) in [5.74, 6) is -0.0147. The zero-order chi connectivity index (χ0) is 16.6. The fraction of sp³-hybridized carbons (Fsp3) is 0.235. The summed E-state index contributed by atoms with van der Waals surface area (Å²) in [6.45, 7) is 4.70. The number of non-ortho nitro benzene ring substituents is 1. The van der Waals surface area contributed by atoms with Crippen molar-refractivity contribution in [1.82, 2.24) is 0 Å². The molecule has 0 atom stereocenters. The van der Waals surface area contributed by atoms with Crippen LogP contribution in [0.25, 0.3) is 0 Å². The molecule has 0 saturated heterocycles. The highest BCUT2D eigenvalue weighted by Crippen LogP contribution is 2.33. The number of hydrogen-bond donors (Lipinski definition) is 1. The van der Waals surface area contributed by atoms with Gasteiger partial charge in [0.25, 0.3) is 5.69 Å². The van der Waals surface area contributed by atoms with Crippen molar-refractivity contribution in [3.8, 4) is 0 Å². The molecule has 1 aliphatic heterocycles. The minimum atomic E-state index is -0.429. The van der Waals surface area contributed by atoms with Gasteiger partial charge in [-0.15, -0.1) is 0 Å². The lowest BCUT2D eigenvalue weighted by Crippen LogP contribution is -2.39. The summed E-state index contributed by atoms with van der Waals surface area (Å²) in [7, 11) is 0. The molecule has 2 aromatic rings. The topological polar surface area (TPSA) is 75.5 Å². The van der Waals surface area contributed by atoms with E-state index in [2.05, 4.69) is 5.32 Å². The summed E-state index contributed by atoms with van der Waals surface area (Å²) in [5, 5.41) is 13.9. The van der Waals surface area contributed by atoms with Gasteiger partial charge < -0.3 is 10.2 Å². The number of nitro groups is 1. The van der Waals surface area contributed by atoms with E-state index in [0.29, 0.717) is 6.54 Å². The van der Waals surface area contributed by atoms with Crippen LogP contribution in [0.3, 0.4) is 0 Å². The Kier molecular flexibility index (Phi) is 3.73. The number of rotatable bonds is 3. The number of amides is 1. The average molecular weight is 311 g/mol.